The molecular formula is C16H17NO3. The van der Waals surface area contributed by atoms with Crippen LogP contribution in [0.3, 0.4) is 0 Å². The predicted molar refractivity (Wildman–Crippen MR) is 77.7 cm³/mol. The fourth-order valence-corrected chi connectivity index (χ4v) is 1.92. The van der Waals surface area contributed by atoms with Gasteiger partial charge in [0.2, 0.25) is 0 Å². The summed E-state index contributed by atoms with van der Waals surface area (Å²) in [7, 11) is 1.32. The van der Waals surface area contributed by atoms with Crippen LogP contribution in [0.5, 0.6) is 5.75 Å². The standard InChI is InChI=1S/C16H17NO3/c1-11-6-3-4-7-12(11)10-20-14-9-5-8-13(17)15(14)16(18)19-2/h3-9H,10,17H2,1-2H3. The summed E-state index contributed by atoms with van der Waals surface area (Å²) in [6, 6.07) is 13.0. The molecule has 0 atom stereocenters. The second-order valence-corrected chi connectivity index (χ2v) is 4.43. The van der Waals surface area contributed by atoms with Gasteiger partial charge in [-0.25, -0.2) is 4.79 Å². The van der Waals surface area contributed by atoms with Crippen LogP contribution < -0.4 is 10.5 Å². The van der Waals surface area contributed by atoms with E-state index in [0.29, 0.717) is 18.0 Å². The summed E-state index contributed by atoms with van der Waals surface area (Å²) in [5, 5.41) is 0. The minimum Gasteiger partial charge on any atom is -0.488 e. The van der Waals surface area contributed by atoms with E-state index in [2.05, 4.69) is 0 Å². The zero-order valence-corrected chi connectivity index (χ0v) is 11.6. The summed E-state index contributed by atoms with van der Waals surface area (Å²) in [4.78, 5) is 11.8. The van der Waals surface area contributed by atoms with E-state index in [1.165, 1.54) is 7.11 Å². The smallest absolute Gasteiger partial charge is 0.343 e. The number of aryl methyl sites for hydroxylation is 1. The molecule has 2 N–H and O–H groups in total. The number of hydrogen-bond donors (Lipinski definition) is 1. The fourth-order valence-electron chi connectivity index (χ4n) is 1.92. The first kappa shape index (κ1) is 13.9. The molecule has 0 aromatic heterocycles. The average molecular weight is 271 g/mol. The number of ether oxygens (including phenoxy) is 2. The molecule has 0 aliphatic rings. The van der Waals surface area contributed by atoms with Crippen molar-refractivity contribution in [1.29, 1.82) is 0 Å². The van der Waals surface area contributed by atoms with Gasteiger partial charge >= 0.3 is 5.97 Å². The number of anilines is 1. The highest BCUT2D eigenvalue weighted by atomic mass is 16.5. The molecule has 104 valence electrons. The lowest BCUT2D eigenvalue weighted by molar-refractivity contribution is 0.0597. The maximum Gasteiger partial charge on any atom is 0.343 e. The van der Waals surface area contributed by atoms with E-state index < -0.39 is 5.97 Å². The van der Waals surface area contributed by atoms with Gasteiger partial charge in [0.25, 0.3) is 0 Å². The van der Waals surface area contributed by atoms with Crippen LogP contribution in [0.15, 0.2) is 42.5 Å². The quantitative estimate of drug-likeness (QED) is 0.686. The Balaban J connectivity index is 2.24. The lowest BCUT2D eigenvalue weighted by atomic mass is 10.1. The van der Waals surface area contributed by atoms with Crippen LogP contribution in [0, 0.1) is 6.92 Å². The number of nitrogens with two attached hydrogens (primary N) is 1. The third kappa shape index (κ3) is 2.91. The Labute approximate surface area is 118 Å². The van der Waals surface area contributed by atoms with Crippen LogP contribution in [-0.4, -0.2) is 13.1 Å². The van der Waals surface area contributed by atoms with Gasteiger partial charge < -0.3 is 15.2 Å². The second-order valence-electron chi connectivity index (χ2n) is 4.43. The van der Waals surface area contributed by atoms with E-state index in [4.69, 9.17) is 15.2 Å². The maximum atomic E-state index is 11.8. The zero-order valence-electron chi connectivity index (χ0n) is 11.6. The molecule has 2 aromatic carbocycles. The van der Waals surface area contributed by atoms with Crippen LogP contribution in [0.4, 0.5) is 5.69 Å². The highest BCUT2D eigenvalue weighted by Gasteiger charge is 2.16. The van der Waals surface area contributed by atoms with Crippen molar-refractivity contribution < 1.29 is 14.3 Å². The Morgan fingerprint density at radius 3 is 2.60 bits per heavy atom. The van der Waals surface area contributed by atoms with Crippen molar-refractivity contribution in [1.82, 2.24) is 0 Å². The SMILES string of the molecule is COC(=O)c1c(N)cccc1OCc1ccccc1C. The first-order valence-corrected chi connectivity index (χ1v) is 6.27. The van der Waals surface area contributed by atoms with Crippen molar-refractivity contribution in [3.05, 3.63) is 59.2 Å². The summed E-state index contributed by atoms with van der Waals surface area (Å²) in [5.74, 6) is -0.0667. The number of benzene rings is 2. The van der Waals surface area contributed by atoms with Crippen molar-refractivity contribution >= 4 is 11.7 Å². The van der Waals surface area contributed by atoms with E-state index in [9.17, 15) is 4.79 Å². The summed E-state index contributed by atoms with van der Waals surface area (Å²) in [6.07, 6.45) is 0. The highest BCUT2D eigenvalue weighted by molar-refractivity contribution is 5.98. The van der Waals surface area contributed by atoms with Gasteiger partial charge in [0.15, 0.2) is 0 Å². The summed E-state index contributed by atoms with van der Waals surface area (Å²) in [5.41, 5.74) is 8.63. The molecule has 0 unspecified atom stereocenters. The zero-order chi connectivity index (χ0) is 14.5. The molecule has 4 heteroatoms. The van der Waals surface area contributed by atoms with Gasteiger partial charge in [-0.05, 0) is 30.2 Å². The molecule has 0 saturated heterocycles. The van der Waals surface area contributed by atoms with Crippen LogP contribution in [0.1, 0.15) is 21.5 Å². The van der Waals surface area contributed by atoms with Gasteiger partial charge in [0.05, 0.1) is 7.11 Å². The van der Waals surface area contributed by atoms with Crippen LogP contribution in [0.25, 0.3) is 0 Å². The van der Waals surface area contributed by atoms with Gasteiger partial charge in [-0.3, -0.25) is 0 Å². The Morgan fingerprint density at radius 2 is 1.90 bits per heavy atom. The molecule has 0 saturated carbocycles. The molecule has 0 bridgehead atoms. The lowest BCUT2D eigenvalue weighted by Gasteiger charge is -2.13. The molecule has 0 heterocycles. The number of rotatable bonds is 4. The summed E-state index contributed by atoms with van der Waals surface area (Å²) < 4.78 is 10.5. The van der Waals surface area contributed by atoms with Crippen LogP contribution in [-0.2, 0) is 11.3 Å². The van der Waals surface area contributed by atoms with Gasteiger partial charge in [0.1, 0.15) is 17.9 Å². The Bertz CT molecular complexity index is 623. The Morgan fingerprint density at radius 1 is 1.15 bits per heavy atom. The highest BCUT2D eigenvalue weighted by Crippen LogP contribution is 2.26. The summed E-state index contributed by atoms with van der Waals surface area (Å²) >= 11 is 0. The third-order valence-corrected chi connectivity index (χ3v) is 3.09. The average Bonchev–Trinajstić information content (AvgIpc) is 2.46. The molecule has 0 amide bonds. The van der Waals surface area contributed by atoms with E-state index in [-0.39, 0.29) is 5.56 Å². The molecule has 0 aliphatic carbocycles. The number of hydrogen-bond acceptors (Lipinski definition) is 4. The third-order valence-electron chi connectivity index (χ3n) is 3.09. The summed E-state index contributed by atoms with van der Waals surface area (Å²) in [6.45, 7) is 2.39. The van der Waals surface area contributed by atoms with E-state index in [1.807, 2.05) is 31.2 Å². The molecule has 0 radical (unpaired) electrons. The molecule has 0 spiro atoms. The minimum atomic E-state index is -0.497. The molecule has 2 rings (SSSR count). The van der Waals surface area contributed by atoms with Crippen LogP contribution in [0.2, 0.25) is 0 Å². The van der Waals surface area contributed by atoms with E-state index >= 15 is 0 Å². The van der Waals surface area contributed by atoms with Crippen molar-refractivity contribution in [2.24, 2.45) is 0 Å². The fraction of sp³-hybridized carbons (Fsp3) is 0.188. The van der Waals surface area contributed by atoms with Crippen molar-refractivity contribution in [3.8, 4) is 5.75 Å². The molecule has 0 aliphatic heterocycles. The molecule has 4 nitrogen and oxygen atoms in total. The normalized spacial score (nSPS) is 10.1. The first-order chi connectivity index (χ1) is 9.63. The minimum absolute atomic E-state index is 0.267. The first-order valence-electron chi connectivity index (χ1n) is 6.27. The number of esters is 1. The number of methoxy groups -OCH3 is 1. The van der Waals surface area contributed by atoms with E-state index in [1.54, 1.807) is 18.2 Å². The van der Waals surface area contributed by atoms with Gasteiger partial charge in [0, 0.05) is 5.69 Å². The topological polar surface area (TPSA) is 61.5 Å². The Kier molecular flexibility index (Phi) is 4.25. The molecule has 20 heavy (non-hydrogen) atoms. The largest absolute Gasteiger partial charge is 0.488 e. The number of carbonyl (C=O) groups excluding carboxylic acids is 1. The van der Waals surface area contributed by atoms with Gasteiger partial charge in [-0.2, -0.15) is 0 Å². The monoisotopic (exact) mass is 271 g/mol. The number of nitrogen functional groups attached to an aromatic ring is 1. The predicted octanol–water partition coefficient (Wildman–Crippen LogP) is 2.94. The second kappa shape index (κ2) is 6.10. The molecule has 2 aromatic rings. The maximum absolute atomic E-state index is 11.8. The number of carbonyl (C=O) groups is 1. The van der Waals surface area contributed by atoms with Crippen molar-refractivity contribution in [2.75, 3.05) is 12.8 Å². The van der Waals surface area contributed by atoms with Crippen molar-refractivity contribution in [2.45, 2.75) is 13.5 Å². The van der Waals surface area contributed by atoms with E-state index in [0.717, 1.165) is 11.1 Å². The molecule has 0 fully saturated rings. The van der Waals surface area contributed by atoms with Crippen molar-refractivity contribution in [3.63, 3.8) is 0 Å². The Hall–Kier alpha value is -2.49. The van der Waals surface area contributed by atoms with Gasteiger partial charge in [-0.1, -0.05) is 30.3 Å². The lowest BCUT2D eigenvalue weighted by Crippen LogP contribution is -2.09. The van der Waals surface area contributed by atoms with Crippen LogP contribution >= 0.6 is 0 Å². The van der Waals surface area contributed by atoms with Gasteiger partial charge in [-0.15, -0.1) is 0 Å². The molecular weight excluding hydrogens is 254 g/mol.